The van der Waals surface area contributed by atoms with Gasteiger partial charge in [-0.05, 0) is 29.7 Å². The summed E-state index contributed by atoms with van der Waals surface area (Å²) in [6.45, 7) is 6.00. The summed E-state index contributed by atoms with van der Waals surface area (Å²) in [6.07, 6.45) is 2.25. The van der Waals surface area contributed by atoms with E-state index >= 15 is 0 Å². The minimum Gasteiger partial charge on any atom is -0.299 e. The van der Waals surface area contributed by atoms with Crippen molar-refractivity contribution < 1.29 is 4.79 Å². The lowest BCUT2D eigenvalue weighted by Gasteiger charge is -2.14. The molecule has 1 aliphatic rings. The number of hydrogen-bond donors (Lipinski definition) is 0. The number of carbonyl (C=O) groups is 1. The van der Waals surface area contributed by atoms with Gasteiger partial charge < -0.3 is 0 Å². The molecule has 1 nitrogen and oxygen atoms in total. The Balaban J connectivity index is 0.000000461. The number of halogens is 1. The molecule has 0 bridgehead atoms. The first-order valence-electron chi connectivity index (χ1n) is 4.55. The van der Waals surface area contributed by atoms with Crippen molar-refractivity contribution in [1.82, 2.24) is 0 Å². The quantitative estimate of drug-likeness (QED) is 0.648. The van der Waals surface area contributed by atoms with Crippen LogP contribution in [0.15, 0.2) is 35.8 Å². The first-order chi connectivity index (χ1) is 6.75. The van der Waals surface area contributed by atoms with E-state index in [1.807, 2.05) is 12.1 Å². The Morgan fingerprint density at radius 3 is 2.57 bits per heavy atom. The number of carbonyl (C=O) groups excluding carboxylic acids is 1. The fourth-order valence-electron chi connectivity index (χ4n) is 1.57. The average Bonchev–Trinajstić information content (AvgIpc) is 2.21. The minimum atomic E-state index is 0.366. The number of benzene rings is 1. The van der Waals surface area contributed by atoms with E-state index in [9.17, 15) is 4.79 Å². The molecular weight excluding hydrogens is 240 g/mol. The van der Waals surface area contributed by atoms with E-state index in [-0.39, 0.29) is 0 Å². The van der Waals surface area contributed by atoms with Crippen molar-refractivity contribution in [3.8, 4) is 0 Å². The van der Waals surface area contributed by atoms with E-state index < -0.39 is 0 Å². The van der Waals surface area contributed by atoms with Crippen LogP contribution in [-0.4, -0.2) is 5.78 Å². The highest BCUT2D eigenvalue weighted by molar-refractivity contribution is 9.10. The number of hydrogen-bond acceptors (Lipinski definition) is 1. The van der Waals surface area contributed by atoms with Crippen molar-refractivity contribution in [3.63, 3.8) is 0 Å². The summed E-state index contributed by atoms with van der Waals surface area (Å²) in [6, 6.07) is 6.15. The molecule has 74 valence electrons. The predicted molar refractivity (Wildman–Crippen MR) is 62.4 cm³/mol. The lowest BCUT2D eigenvalue weighted by molar-refractivity contribution is -0.118. The molecule has 0 saturated carbocycles. The van der Waals surface area contributed by atoms with Crippen LogP contribution in [0, 0.1) is 0 Å². The first-order valence-corrected chi connectivity index (χ1v) is 5.34. The largest absolute Gasteiger partial charge is 0.299 e. The molecule has 0 heterocycles. The molecule has 0 aromatic heterocycles. The molecule has 0 amide bonds. The normalized spacial score (nSPS) is 13.9. The van der Waals surface area contributed by atoms with Crippen LogP contribution in [0.1, 0.15) is 17.5 Å². The van der Waals surface area contributed by atoms with Crippen LogP contribution in [0.4, 0.5) is 0 Å². The molecule has 0 aliphatic heterocycles. The number of fused-ring (bicyclic) bond motifs is 1. The second-order valence-corrected chi connectivity index (χ2v) is 4.04. The lowest BCUT2D eigenvalue weighted by Crippen LogP contribution is -2.12. The Bertz CT molecular complexity index is 344. The van der Waals surface area contributed by atoms with E-state index in [2.05, 4.69) is 35.2 Å². The first kappa shape index (κ1) is 11.2. The summed E-state index contributed by atoms with van der Waals surface area (Å²) in [4.78, 5) is 11.1. The van der Waals surface area contributed by atoms with Gasteiger partial charge in [-0.15, -0.1) is 13.2 Å². The van der Waals surface area contributed by atoms with Gasteiger partial charge in [-0.1, -0.05) is 22.0 Å². The summed E-state index contributed by atoms with van der Waals surface area (Å²) >= 11 is 3.42. The van der Waals surface area contributed by atoms with E-state index in [1.165, 1.54) is 11.1 Å². The van der Waals surface area contributed by atoms with E-state index in [0.29, 0.717) is 18.6 Å². The van der Waals surface area contributed by atoms with Crippen molar-refractivity contribution in [1.29, 1.82) is 0 Å². The van der Waals surface area contributed by atoms with Crippen LogP contribution >= 0.6 is 15.9 Å². The topological polar surface area (TPSA) is 17.1 Å². The van der Waals surface area contributed by atoms with Gasteiger partial charge in [-0.2, -0.15) is 0 Å². The van der Waals surface area contributed by atoms with Crippen LogP contribution in [0.3, 0.4) is 0 Å². The number of rotatable bonds is 0. The number of Topliss-reactive ketones (excluding diaryl/α,β-unsaturated/α-hetero) is 1. The van der Waals surface area contributed by atoms with Gasteiger partial charge in [0.05, 0.1) is 0 Å². The molecule has 0 atom stereocenters. The maximum Gasteiger partial charge on any atom is 0.137 e. The molecule has 1 aromatic carbocycles. The maximum atomic E-state index is 11.1. The molecule has 0 N–H and O–H groups in total. The molecule has 0 radical (unpaired) electrons. The maximum absolute atomic E-state index is 11.1. The Morgan fingerprint density at radius 2 is 1.86 bits per heavy atom. The molecular formula is C12H13BrO. The van der Waals surface area contributed by atoms with Crippen molar-refractivity contribution >= 4 is 21.7 Å². The molecule has 0 unspecified atom stereocenters. The highest BCUT2D eigenvalue weighted by Gasteiger charge is 2.14. The van der Waals surface area contributed by atoms with Gasteiger partial charge in [0, 0.05) is 17.3 Å². The molecule has 0 spiro atoms. The summed E-state index contributed by atoms with van der Waals surface area (Å²) in [5.41, 5.74) is 2.53. The molecule has 14 heavy (non-hydrogen) atoms. The third-order valence-electron chi connectivity index (χ3n) is 2.23. The van der Waals surface area contributed by atoms with Crippen molar-refractivity contribution in [3.05, 3.63) is 47.0 Å². The standard InChI is InChI=1S/C10H9BrO.C2H4/c11-9-3-1-8-6-10(12)4-2-7(8)5-9;1-2/h1,3,5H,2,4,6H2;1-2H2. The van der Waals surface area contributed by atoms with Gasteiger partial charge >= 0.3 is 0 Å². The zero-order chi connectivity index (χ0) is 10.6. The van der Waals surface area contributed by atoms with Gasteiger partial charge in [0.15, 0.2) is 0 Å². The fourth-order valence-corrected chi connectivity index (χ4v) is 1.98. The predicted octanol–water partition coefficient (Wildman–Crippen LogP) is 3.31. The van der Waals surface area contributed by atoms with E-state index in [1.54, 1.807) is 0 Å². The second-order valence-electron chi connectivity index (χ2n) is 3.13. The summed E-state index contributed by atoms with van der Waals surface area (Å²) in [5, 5.41) is 0. The Morgan fingerprint density at radius 1 is 1.14 bits per heavy atom. The zero-order valence-corrected chi connectivity index (χ0v) is 9.64. The Labute approximate surface area is 93.0 Å². The summed E-state index contributed by atoms with van der Waals surface area (Å²) in [7, 11) is 0. The van der Waals surface area contributed by atoms with Gasteiger partial charge in [0.25, 0.3) is 0 Å². The van der Waals surface area contributed by atoms with Gasteiger partial charge in [0.2, 0.25) is 0 Å². The number of aryl methyl sites for hydroxylation is 1. The fraction of sp³-hybridized carbons (Fsp3) is 0.250. The molecule has 2 rings (SSSR count). The third kappa shape index (κ3) is 2.55. The second kappa shape index (κ2) is 5.11. The molecule has 2 heteroatoms. The van der Waals surface area contributed by atoms with Crippen LogP contribution < -0.4 is 0 Å². The molecule has 1 aromatic rings. The average molecular weight is 253 g/mol. The van der Waals surface area contributed by atoms with E-state index in [4.69, 9.17) is 0 Å². The molecule has 0 fully saturated rings. The SMILES string of the molecule is C=C.O=C1CCc2cc(Br)ccc2C1. The van der Waals surface area contributed by atoms with Crippen LogP contribution in [0.5, 0.6) is 0 Å². The molecule has 0 saturated heterocycles. The zero-order valence-electron chi connectivity index (χ0n) is 8.05. The number of ketones is 1. The van der Waals surface area contributed by atoms with Gasteiger partial charge in [-0.3, -0.25) is 4.79 Å². The highest BCUT2D eigenvalue weighted by Crippen LogP contribution is 2.22. The van der Waals surface area contributed by atoms with Gasteiger partial charge in [0.1, 0.15) is 5.78 Å². The Hall–Kier alpha value is -0.890. The van der Waals surface area contributed by atoms with Crippen LogP contribution in [-0.2, 0) is 17.6 Å². The van der Waals surface area contributed by atoms with Crippen molar-refractivity contribution in [2.45, 2.75) is 19.3 Å². The van der Waals surface area contributed by atoms with E-state index in [0.717, 1.165) is 10.9 Å². The van der Waals surface area contributed by atoms with Crippen molar-refractivity contribution in [2.24, 2.45) is 0 Å². The molecule has 1 aliphatic carbocycles. The summed E-state index contributed by atoms with van der Waals surface area (Å²) < 4.78 is 1.11. The van der Waals surface area contributed by atoms with Crippen LogP contribution in [0.2, 0.25) is 0 Å². The third-order valence-corrected chi connectivity index (χ3v) is 2.72. The smallest absolute Gasteiger partial charge is 0.137 e. The van der Waals surface area contributed by atoms with Crippen LogP contribution in [0.25, 0.3) is 0 Å². The van der Waals surface area contributed by atoms with Gasteiger partial charge in [-0.25, -0.2) is 0 Å². The Kier molecular flexibility index (Phi) is 4.08. The monoisotopic (exact) mass is 252 g/mol. The minimum absolute atomic E-state index is 0.366. The highest BCUT2D eigenvalue weighted by atomic mass is 79.9. The van der Waals surface area contributed by atoms with Crippen molar-refractivity contribution in [2.75, 3.05) is 0 Å². The summed E-state index contributed by atoms with van der Waals surface area (Å²) in [5.74, 6) is 0.366. The lowest BCUT2D eigenvalue weighted by atomic mass is 9.91.